The molecule has 0 N–H and O–H groups in total. The topological polar surface area (TPSA) is 66.2 Å². The van der Waals surface area contributed by atoms with Crippen LogP contribution in [-0.4, -0.2) is 32.9 Å². The van der Waals surface area contributed by atoms with Gasteiger partial charge in [0.15, 0.2) is 34.4 Å². The highest BCUT2D eigenvalue weighted by Gasteiger charge is 2.29. The molecular weight excluding hydrogens is 429 g/mol. The summed E-state index contributed by atoms with van der Waals surface area (Å²) in [6.07, 6.45) is -0.459. The lowest BCUT2D eigenvalue weighted by Gasteiger charge is -2.26. The summed E-state index contributed by atoms with van der Waals surface area (Å²) in [7, 11) is 0. The Labute approximate surface area is 188 Å². The Morgan fingerprint density at radius 1 is 0.969 bits per heavy atom. The number of ketones is 1. The molecule has 3 aromatic carbocycles. The minimum Gasteiger partial charge on any atom is -0.485 e. The van der Waals surface area contributed by atoms with Gasteiger partial charge in [0.2, 0.25) is 0 Å². The zero-order valence-electron chi connectivity index (χ0n) is 16.8. The van der Waals surface area contributed by atoms with Gasteiger partial charge in [-0.25, -0.2) is 4.39 Å². The van der Waals surface area contributed by atoms with Crippen molar-refractivity contribution < 1.29 is 18.7 Å². The second-order valence-corrected chi connectivity index (χ2v) is 8.04. The summed E-state index contributed by atoms with van der Waals surface area (Å²) in [6, 6.07) is 22.7. The van der Waals surface area contributed by atoms with E-state index >= 15 is 0 Å². The Morgan fingerprint density at radius 3 is 2.47 bits per heavy atom. The van der Waals surface area contributed by atoms with Crippen LogP contribution in [0.3, 0.4) is 0 Å². The van der Waals surface area contributed by atoms with Gasteiger partial charge in [0, 0.05) is 11.3 Å². The van der Waals surface area contributed by atoms with Crippen LogP contribution >= 0.6 is 11.8 Å². The van der Waals surface area contributed by atoms with Gasteiger partial charge in [-0.15, -0.1) is 10.2 Å². The summed E-state index contributed by atoms with van der Waals surface area (Å²) in [5.41, 5.74) is 1.30. The number of ether oxygens (including phenoxy) is 2. The van der Waals surface area contributed by atoms with E-state index < -0.39 is 6.10 Å². The molecule has 0 saturated carbocycles. The molecule has 4 aromatic rings. The fourth-order valence-corrected chi connectivity index (χ4v) is 4.25. The van der Waals surface area contributed by atoms with E-state index in [0.29, 0.717) is 34.7 Å². The Balaban J connectivity index is 1.43. The first kappa shape index (κ1) is 20.3. The molecule has 0 radical (unpaired) electrons. The molecule has 0 spiro atoms. The Bertz CT molecular complexity index is 1250. The molecule has 0 amide bonds. The van der Waals surface area contributed by atoms with Crippen molar-refractivity contribution in [3.05, 3.63) is 96.1 Å². The third kappa shape index (κ3) is 4.09. The number of thioether (sulfide) groups is 1. The zero-order chi connectivity index (χ0) is 21.9. The quantitative estimate of drug-likeness (QED) is 0.310. The second-order valence-electron chi connectivity index (χ2n) is 7.09. The minimum atomic E-state index is -0.459. The fraction of sp³-hybridized carbons (Fsp3) is 0.125. The number of hydrogen-bond donors (Lipinski definition) is 0. The molecule has 1 aliphatic rings. The average Bonchev–Trinajstić information content (AvgIpc) is 3.27. The van der Waals surface area contributed by atoms with Gasteiger partial charge >= 0.3 is 0 Å². The van der Waals surface area contributed by atoms with Crippen LogP contribution in [-0.2, 0) is 0 Å². The Morgan fingerprint density at radius 2 is 1.69 bits per heavy atom. The summed E-state index contributed by atoms with van der Waals surface area (Å²) in [5, 5.41) is 9.27. The molecule has 32 heavy (non-hydrogen) atoms. The molecule has 6 nitrogen and oxygen atoms in total. The predicted molar refractivity (Wildman–Crippen MR) is 118 cm³/mol. The van der Waals surface area contributed by atoms with Crippen molar-refractivity contribution in [2.75, 3.05) is 12.4 Å². The fourth-order valence-electron chi connectivity index (χ4n) is 3.40. The molecule has 0 aliphatic carbocycles. The number of hydrogen-bond acceptors (Lipinski definition) is 6. The number of fused-ring (bicyclic) bond motifs is 1. The number of carbonyl (C=O) groups is 1. The van der Waals surface area contributed by atoms with Crippen molar-refractivity contribution in [3.8, 4) is 17.2 Å². The van der Waals surface area contributed by atoms with Gasteiger partial charge < -0.3 is 9.47 Å². The van der Waals surface area contributed by atoms with Crippen molar-refractivity contribution in [1.82, 2.24) is 14.8 Å². The molecule has 1 atom stereocenters. The Hall–Kier alpha value is -3.65. The summed E-state index contributed by atoms with van der Waals surface area (Å²) < 4.78 is 27.0. The van der Waals surface area contributed by atoms with Crippen molar-refractivity contribution in [2.24, 2.45) is 0 Å². The first-order valence-electron chi connectivity index (χ1n) is 10.00. The van der Waals surface area contributed by atoms with E-state index in [2.05, 4.69) is 10.2 Å². The summed E-state index contributed by atoms with van der Waals surface area (Å²) in [5.74, 6) is 1.56. The number of rotatable bonds is 6. The number of aromatic nitrogens is 3. The van der Waals surface area contributed by atoms with E-state index in [-0.39, 0.29) is 17.4 Å². The summed E-state index contributed by atoms with van der Waals surface area (Å²) in [4.78, 5) is 12.6. The first-order chi connectivity index (χ1) is 15.7. The van der Waals surface area contributed by atoms with Crippen LogP contribution in [0.1, 0.15) is 22.3 Å². The van der Waals surface area contributed by atoms with Crippen LogP contribution in [0.2, 0.25) is 0 Å². The number of nitrogens with zero attached hydrogens (tertiary/aromatic N) is 3. The lowest BCUT2D eigenvalue weighted by Crippen LogP contribution is -2.24. The highest BCUT2D eigenvalue weighted by Crippen LogP contribution is 2.37. The average molecular weight is 447 g/mol. The maximum absolute atomic E-state index is 13.2. The van der Waals surface area contributed by atoms with Gasteiger partial charge in [-0.1, -0.05) is 42.1 Å². The number of carbonyl (C=O) groups excluding carboxylic acids is 1. The van der Waals surface area contributed by atoms with Crippen LogP contribution in [0.4, 0.5) is 4.39 Å². The van der Waals surface area contributed by atoms with E-state index in [0.717, 1.165) is 5.69 Å². The smallest absolute Gasteiger partial charge is 0.196 e. The molecule has 160 valence electrons. The number of para-hydroxylation sites is 3. The maximum atomic E-state index is 13.2. The Kier molecular flexibility index (Phi) is 5.60. The largest absolute Gasteiger partial charge is 0.485 e. The zero-order valence-corrected chi connectivity index (χ0v) is 17.7. The number of Topliss-reactive ketones (excluding diaryl/α,β-unsaturated/α-hetero) is 1. The lowest BCUT2D eigenvalue weighted by atomic mass is 10.1. The molecule has 1 unspecified atom stereocenters. The minimum absolute atomic E-state index is 0.120. The van der Waals surface area contributed by atoms with Crippen LogP contribution in [0.5, 0.6) is 11.5 Å². The van der Waals surface area contributed by atoms with E-state index in [1.54, 1.807) is 0 Å². The molecule has 0 fully saturated rings. The second kappa shape index (κ2) is 8.84. The van der Waals surface area contributed by atoms with E-state index in [9.17, 15) is 9.18 Å². The highest BCUT2D eigenvalue weighted by atomic mass is 32.2. The maximum Gasteiger partial charge on any atom is 0.196 e. The standard InChI is InChI=1S/C24H18FN3O3S/c25-17-12-10-16(11-13-17)19(29)15-32-24-27-26-23(28(24)18-6-2-1-3-7-18)22-14-30-20-8-4-5-9-21(20)31-22/h1-13,22H,14-15H2. The van der Waals surface area contributed by atoms with Crippen molar-refractivity contribution in [2.45, 2.75) is 11.3 Å². The van der Waals surface area contributed by atoms with Crippen molar-refractivity contribution in [1.29, 1.82) is 0 Å². The molecule has 1 aliphatic heterocycles. The van der Waals surface area contributed by atoms with Gasteiger partial charge in [-0.3, -0.25) is 9.36 Å². The van der Waals surface area contributed by atoms with E-state index in [1.807, 2.05) is 59.2 Å². The van der Waals surface area contributed by atoms with Crippen LogP contribution in [0.15, 0.2) is 84.0 Å². The highest BCUT2D eigenvalue weighted by molar-refractivity contribution is 7.99. The predicted octanol–water partition coefficient (Wildman–Crippen LogP) is 4.89. The van der Waals surface area contributed by atoms with Gasteiger partial charge in [0.05, 0.1) is 5.75 Å². The summed E-state index contributed by atoms with van der Waals surface area (Å²) in [6.45, 7) is 0.293. The molecule has 8 heteroatoms. The lowest BCUT2D eigenvalue weighted by molar-refractivity contribution is 0.0835. The normalized spacial score (nSPS) is 14.8. The molecular formula is C24H18FN3O3S. The first-order valence-corrected chi connectivity index (χ1v) is 11.0. The van der Waals surface area contributed by atoms with Crippen LogP contribution in [0.25, 0.3) is 5.69 Å². The summed E-state index contributed by atoms with van der Waals surface area (Å²) >= 11 is 1.27. The molecule has 2 heterocycles. The molecule has 0 saturated heterocycles. The third-order valence-electron chi connectivity index (χ3n) is 4.97. The monoisotopic (exact) mass is 447 g/mol. The van der Waals surface area contributed by atoms with Gasteiger partial charge in [-0.2, -0.15) is 0 Å². The van der Waals surface area contributed by atoms with Crippen LogP contribution < -0.4 is 9.47 Å². The van der Waals surface area contributed by atoms with Gasteiger partial charge in [0.25, 0.3) is 0 Å². The molecule has 1 aromatic heterocycles. The van der Waals surface area contributed by atoms with Crippen LogP contribution in [0, 0.1) is 5.82 Å². The molecule has 5 rings (SSSR count). The third-order valence-corrected chi connectivity index (χ3v) is 5.90. The van der Waals surface area contributed by atoms with E-state index in [1.165, 1.54) is 36.0 Å². The SMILES string of the molecule is O=C(CSc1nnc(C2COc3ccccc3O2)n1-c1ccccc1)c1ccc(F)cc1. The van der Waals surface area contributed by atoms with Gasteiger partial charge in [-0.05, 0) is 48.5 Å². The number of benzene rings is 3. The van der Waals surface area contributed by atoms with Gasteiger partial charge in [0.1, 0.15) is 12.4 Å². The number of halogens is 1. The van der Waals surface area contributed by atoms with Crippen molar-refractivity contribution >= 4 is 17.5 Å². The van der Waals surface area contributed by atoms with Crippen molar-refractivity contribution in [3.63, 3.8) is 0 Å². The van der Waals surface area contributed by atoms with E-state index in [4.69, 9.17) is 9.47 Å². The molecule has 0 bridgehead atoms.